The van der Waals surface area contributed by atoms with Crippen molar-refractivity contribution in [2.45, 2.75) is 13.2 Å². The van der Waals surface area contributed by atoms with Gasteiger partial charge in [0.2, 0.25) is 0 Å². The van der Waals surface area contributed by atoms with E-state index in [1.165, 1.54) is 11.3 Å². The number of carbonyl (C=O) groups excluding carboxylic acids is 1. The van der Waals surface area contributed by atoms with E-state index in [0.29, 0.717) is 30.2 Å². The van der Waals surface area contributed by atoms with Crippen LogP contribution in [-0.4, -0.2) is 27.8 Å². The molecule has 0 fully saturated rings. The monoisotopic (exact) mass is 358 g/mol. The van der Waals surface area contributed by atoms with Gasteiger partial charge >= 0.3 is 0 Å². The molecule has 0 aliphatic rings. The van der Waals surface area contributed by atoms with Gasteiger partial charge < -0.3 is 14.8 Å². The average molecular weight is 358 g/mol. The van der Waals surface area contributed by atoms with Crippen LogP contribution >= 0.6 is 11.3 Å². The molecular weight excluding hydrogens is 340 g/mol. The molecule has 0 unspecified atom stereocenters. The van der Waals surface area contributed by atoms with Crippen LogP contribution in [0.1, 0.15) is 21.6 Å². The zero-order chi connectivity index (χ0) is 17.6. The summed E-state index contributed by atoms with van der Waals surface area (Å²) < 4.78 is 12.7. The van der Waals surface area contributed by atoms with Gasteiger partial charge in [-0.15, -0.1) is 11.3 Å². The van der Waals surface area contributed by atoms with E-state index in [9.17, 15) is 4.79 Å². The van der Waals surface area contributed by atoms with Crippen LogP contribution in [0, 0.1) is 0 Å². The lowest BCUT2D eigenvalue weighted by Crippen LogP contribution is -2.22. The lowest BCUT2D eigenvalue weighted by molar-refractivity contribution is 0.0950. The maximum Gasteiger partial charge on any atom is 0.251 e. The van der Waals surface area contributed by atoms with E-state index in [0.717, 1.165) is 11.3 Å². The minimum Gasteiger partial charge on any atom is -0.493 e. The second-order valence-corrected chi connectivity index (χ2v) is 6.06. The highest BCUT2D eigenvalue weighted by Crippen LogP contribution is 2.28. The molecule has 0 saturated heterocycles. The number of carbonyl (C=O) groups is 1. The van der Waals surface area contributed by atoms with Gasteiger partial charge in [0.1, 0.15) is 6.61 Å². The highest BCUT2D eigenvalue weighted by Gasteiger charge is 2.12. The summed E-state index contributed by atoms with van der Waals surface area (Å²) in [5, 5.41) is 8.85. The van der Waals surface area contributed by atoms with Crippen molar-refractivity contribution in [2.24, 2.45) is 7.05 Å². The molecular formula is C17H18N4O3S. The predicted octanol–water partition coefficient (Wildman–Crippen LogP) is 2.39. The van der Waals surface area contributed by atoms with Crippen molar-refractivity contribution in [3.8, 4) is 11.5 Å². The number of hydrogen-bond acceptors (Lipinski definition) is 6. The number of amides is 1. The Bertz CT molecular complexity index is 845. The van der Waals surface area contributed by atoms with Crippen molar-refractivity contribution < 1.29 is 14.3 Å². The van der Waals surface area contributed by atoms with Crippen molar-refractivity contribution in [1.82, 2.24) is 20.1 Å². The van der Waals surface area contributed by atoms with Gasteiger partial charge in [-0.1, -0.05) is 0 Å². The predicted molar refractivity (Wildman–Crippen MR) is 93.8 cm³/mol. The van der Waals surface area contributed by atoms with Crippen LogP contribution in [0.15, 0.2) is 41.5 Å². The summed E-state index contributed by atoms with van der Waals surface area (Å²) in [4.78, 5) is 16.5. The number of aryl methyl sites for hydroxylation is 1. The molecule has 0 spiro atoms. The normalized spacial score (nSPS) is 10.5. The number of ether oxygens (including phenoxy) is 2. The minimum absolute atomic E-state index is 0.187. The number of thiazole rings is 1. The van der Waals surface area contributed by atoms with E-state index in [1.807, 2.05) is 18.6 Å². The summed E-state index contributed by atoms with van der Waals surface area (Å²) in [5.74, 6) is 0.886. The Hall–Kier alpha value is -2.87. The molecule has 3 rings (SSSR count). The van der Waals surface area contributed by atoms with Gasteiger partial charge in [0, 0.05) is 36.3 Å². The molecule has 7 nitrogen and oxygen atoms in total. The smallest absolute Gasteiger partial charge is 0.251 e. The fraction of sp³-hybridized carbons (Fsp3) is 0.235. The summed E-state index contributed by atoms with van der Waals surface area (Å²) in [6.07, 6.45) is 3.58. The van der Waals surface area contributed by atoms with Gasteiger partial charge in [-0.2, -0.15) is 5.10 Å². The molecule has 2 aromatic heterocycles. The fourth-order valence-electron chi connectivity index (χ4n) is 2.24. The molecule has 0 aliphatic heterocycles. The Kier molecular flexibility index (Phi) is 5.30. The van der Waals surface area contributed by atoms with E-state index in [2.05, 4.69) is 15.4 Å². The van der Waals surface area contributed by atoms with Crippen molar-refractivity contribution in [1.29, 1.82) is 0 Å². The van der Waals surface area contributed by atoms with Crippen LogP contribution in [0.4, 0.5) is 0 Å². The van der Waals surface area contributed by atoms with Gasteiger partial charge in [0.25, 0.3) is 5.91 Å². The molecule has 0 aliphatic carbocycles. The molecule has 0 radical (unpaired) electrons. The third kappa shape index (κ3) is 4.36. The number of nitrogens with one attached hydrogen (secondary N) is 1. The van der Waals surface area contributed by atoms with E-state index >= 15 is 0 Å². The van der Waals surface area contributed by atoms with Crippen LogP contribution in [0.5, 0.6) is 11.5 Å². The molecule has 8 heteroatoms. The molecule has 0 bridgehead atoms. The van der Waals surface area contributed by atoms with Gasteiger partial charge in [0.15, 0.2) is 11.5 Å². The number of rotatable bonds is 7. The number of benzene rings is 1. The zero-order valence-corrected chi connectivity index (χ0v) is 14.7. The van der Waals surface area contributed by atoms with Gasteiger partial charge in [-0.25, -0.2) is 4.98 Å². The van der Waals surface area contributed by atoms with Crippen LogP contribution in [0.25, 0.3) is 0 Å². The van der Waals surface area contributed by atoms with Crippen molar-refractivity contribution in [3.05, 3.63) is 58.3 Å². The Balaban J connectivity index is 1.64. The standard InChI is InChI=1S/C17H18N4O3S/c1-21-8-12(7-20-21)6-18-17(22)13-3-4-15(16(5-13)23-2)24-9-14-10-25-11-19-14/h3-5,7-8,10-11H,6,9H2,1-2H3,(H,18,22). The van der Waals surface area contributed by atoms with Crippen LogP contribution < -0.4 is 14.8 Å². The minimum atomic E-state index is -0.187. The topological polar surface area (TPSA) is 78.3 Å². The van der Waals surface area contributed by atoms with E-state index in [4.69, 9.17) is 9.47 Å². The Morgan fingerprint density at radius 2 is 2.24 bits per heavy atom. The summed E-state index contributed by atoms with van der Waals surface area (Å²) >= 11 is 1.51. The highest BCUT2D eigenvalue weighted by atomic mass is 32.1. The van der Waals surface area contributed by atoms with Crippen molar-refractivity contribution >= 4 is 17.2 Å². The lowest BCUT2D eigenvalue weighted by atomic mass is 10.2. The molecule has 0 saturated carbocycles. The number of nitrogens with zero attached hydrogens (tertiary/aromatic N) is 3. The number of hydrogen-bond donors (Lipinski definition) is 1. The van der Waals surface area contributed by atoms with Gasteiger partial charge in [0.05, 0.1) is 24.5 Å². The van der Waals surface area contributed by atoms with E-state index < -0.39 is 0 Å². The largest absolute Gasteiger partial charge is 0.493 e. The Morgan fingerprint density at radius 3 is 2.92 bits per heavy atom. The summed E-state index contributed by atoms with van der Waals surface area (Å²) in [6.45, 7) is 0.767. The lowest BCUT2D eigenvalue weighted by Gasteiger charge is -2.11. The summed E-state index contributed by atoms with van der Waals surface area (Å²) in [6, 6.07) is 5.09. The third-order valence-corrected chi connectivity index (χ3v) is 4.13. The molecule has 1 N–H and O–H groups in total. The third-order valence-electron chi connectivity index (χ3n) is 3.50. The van der Waals surface area contributed by atoms with Crippen molar-refractivity contribution in [2.75, 3.05) is 7.11 Å². The van der Waals surface area contributed by atoms with E-state index in [-0.39, 0.29) is 5.91 Å². The van der Waals surface area contributed by atoms with Crippen molar-refractivity contribution in [3.63, 3.8) is 0 Å². The first-order valence-electron chi connectivity index (χ1n) is 7.59. The molecule has 130 valence electrons. The van der Waals surface area contributed by atoms with Crippen LogP contribution in [0.2, 0.25) is 0 Å². The maximum absolute atomic E-state index is 12.3. The second-order valence-electron chi connectivity index (χ2n) is 5.34. The number of aromatic nitrogens is 3. The molecule has 1 aromatic carbocycles. The van der Waals surface area contributed by atoms with Crippen LogP contribution in [-0.2, 0) is 20.2 Å². The first-order chi connectivity index (χ1) is 12.2. The SMILES string of the molecule is COc1cc(C(=O)NCc2cnn(C)c2)ccc1OCc1cscn1. The maximum atomic E-state index is 12.3. The first-order valence-corrected chi connectivity index (χ1v) is 8.53. The molecule has 3 aromatic rings. The number of methoxy groups -OCH3 is 1. The molecule has 2 heterocycles. The zero-order valence-electron chi connectivity index (χ0n) is 13.9. The van der Waals surface area contributed by atoms with E-state index in [1.54, 1.807) is 41.7 Å². The van der Waals surface area contributed by atoms with Crippen LogP contribution in [0.3, 0.4) is 0 Å². The fourth-order valence-corrected chi connectivity index (χ4v) is 2.78. The van der Waals surface area contributed by atoms with Gasteiger partial charge in [-0.05, 0) is 18.2 Å². The first kappa shape index (κ1) is 17.0. The summed E-state index contributed by atoms with van der Waals surface area (Å²) in [5.41, 5.74) is 4.05. The average Bonchev–Trinajstić information content (AvgIpc) is 3.29. The molecule has 1 amide bonds. The summed E-state index contributed by atoms with van der Waals surface area (Å²) in [7, 11) is 3.38. The Morgan fingerprint density at radius 1 is 1.36 bits per heavy atom. The molecule has 25 heavy (non-hydrogen) atoms. The quantitative estimate of drug-likeness (QED) is 0.702. The Labute approximate surface area is 149 Å². The van der Waals surface area contributed by atoms with Gasteiger partial charge in [-0.3, -0.25) is 9.48 Å². The molecule has 0 atom stereocenters. The second kappa shape index (κ2) is 7.80. The highest BCUT2D eigenvalue weighted by molar-refractivity contribution is 7.07.